The summed E-state index contributed by atoms with van der Waals surface area (Å²) in [7, 11) is 1.99. The van der Waals surface area contributed by atoms with E-state index < -0.39 is 6.29 Å². The van der Waals surface area contributed by atoms with E-state index in [0.29, 0.717) is 37.2 Å². The molecule has 11 heteroatoms. The van der Waals surface area contributed by atoms with Crippen molar-refractivity contribution < 1.29 is 24.2 Å². The highest BCUT2D eigenvalue weighted by molar-refractivity contribution is 7.99. The monoisotopic (exact) mass is 747 g/mol. The zero-order valence-electron chi connectivity index (χ0n) is 30.7. The lowest BCUT2D eigenvalue weighted by Gasteiger charge is -2.36. The average Bonchev–Trinajstić information content (AvgIpc) is 3.62. The van der Waals surface area contributed by atoms with E-state index in [-0.39, 0.29) is 30.6 Å². The summed E-state index contributed by atoms with van der Waals surface area (Å²) in [5.41, 5.74) is 13.1. The highest BCUT2D eigenvalue weighted by atomic mass is 32.2. The van der Waals surface area contributed by atoms with Crippen LogP contribution in [0.2, 0.25) is 0 Å². The van der Waals surface area contributed by atoms with E-state index in [1.807, 2.05) is 66.3 Å². The summed E-state index contributed by atoms with van der Waals surface area (Å²) in [5.74, 6) is 0.713. The van der Waals surface area contributed by atoms with Crippen molar-refractivity contribution in [3.63, 3.8) is 0 Å². The number of nitrogens with one attached hydrogen (secondary N) is 2. The maximum absolute atomic E-state index is 12.6. The number of anilines is 2. The number of nitrogens with zero attached hydrogens (tertiary/aromatic N) is 2. The van der Waals surface area contributed by atoms with Crippen molar-refractivity contribution in [2.45, 2.75) is 81.8 Å². The van der Waals surface area contributed by atoms with Crippen LogP contribution in [0.15, 0.2) is 115 Å². The quantitative estimate of drug-likeness (QED) is 0.0425. The number of ether oxygens (including phenoxy) is 2. The van der Waals surface area contributed by atoms with Crippen molar-refractivity contribution in [1.29, 1.82) is 0 Å². The van der Waals surface area contributed by atoms with Gasteiger partial charge in [0.2, 0.25) is 11.8 Å². The largest absolute Gasteiger partial charge is 0.397 e. The lowest BCUT2D eigenvalue weighted by molar-refractivity contribution is -0.245. The van der Waals surface area contributed by atoms with Crippen molar-refractivity contribution >= 4 is 35.0 Å². The Bertz CT molecular complexity index is 1970. The standard InChI is InChI=1S/C43H49N5O5S/c1-48-24-23-45-43(48)54-29-36-26-39(33-17-15-30(28-49)16-18-33)53-42(52-36)34-21-19-32(20-22-34)35-10-8-9-31(25-35)27-46-40(50)13-4-2-3-5-14-41(51)47-38-12-7-6-11-37(38)44/h6-12,15-25,36,39,42,49H,2-5,13-14,26-29,44H2,1H3,(H,46,50)(H,47,51). The number of carbonyl (C=O) groups excluding carboxylic acids is 2. The van der Waals surface area contributed by atoms with Crippen molar-refractivity contribution in [2.24, 2.45) is 7.05 Å². The van der Waals surface area contributed by atoms with Crippen LogP contribution in [0, 0.1) is 0 Å². The molecule has 0 aliphatic carbocycles. The van der Waals surface area contributed by atoms with Crippen molar-refractivity contribution in [1.82, 2.24) is 14.9 Å². The van der Waals surface area contributed by atoms with Gasteiger partial charge >= 0.3 is 0 Å². The smallest absolute Gasteiger partial charge is 0.224 e. The molecule has 10 nitrogen and oxygen atoms in total. The summed E-state index contributed by atoms with van der Waals surface area (Å²) in [6.45, 7) is 0.457. The molecule has 4 aromatic carbocycles. The molecule has 282 valence electrons. The summed E-state index contributed by atoms with van der Waals surface area (Å²) < 4.78 is 15.1. The van der Waals surface area contributed by atoms with Gasteiger partial charge in [-0.05, 0) is 58.9 Å². The number of rotatable bonds is 17. The molecule has 54 heavy (non-hydrogen) atoms. The molecule has 1 aliphatic rings. The first kappa shape index (κ1) is 38.8. The highest BCUT2D eigenvalue weighted by Gasteiger charge is 2.32. The Kier molecular flexibility index (Phi) is 13.9. The summed E-state index contributed by atoms with van der Waals surface area (Å²) in [5, 5.41) is 16.4. The number of nitrogen functional groups attached to an aromatic ring is 1. The second kappa shape index (κ2) is 19.4. The van der Waals surface area contributed by atoms with Gasteiger partial charge in [-0.2, -0.15) is 0 Å². The molecule has 3 unspecified atom stereocenters. The Morgan fingerprint density at radius 1 is 0.852 bits per heavy atom. The molecule has 1 fully saturated rings. The fourth-order valence-corrected chi connectivity index (χ4v) is 7.36. The molecule has 5 aromatic rings. The van der Waals surface area contributed by atoms with Crippen LogP contribution in [0.25, 0.3) is 11.1 Å². The van der Waals surface area contributed by atoms with Gasteiger partial charge in [0, 0.05) is 56.6 Å². The first-order valence-electron chi connectivity index (χ1n) is 18.6. The number of aryl methyl sites for hydroxylation is 1. The molecular formula is C43H49N5O5S. The Hall–Kier alpha value is -4.94. The van der Waals surface area contributed by atoms with Crippen LogP contribution >= 0.6 is 11.8 Å². The fraction of sp³-hybridized carbons (Fsp3) is 0.326. The zero-order chi connectivity index (χ0) is 37.7. The highest BCUT2D eigenvalue weighted by Crippen LogP contribution is 2.40. The number of imidazole rings is 1. The number of carbonyl (C=O) groups is 2. The SMILES string of the molecule is Cn1ccnc1SCC1CC(c2ccc(CO)cc2)OC(c2ccc(-c3cccc(CNC(=O)CCCCCCC(=O)Nc4ccccc4N)c3)cc2)O1. The van der Waals surface area contributed by atoms with E-state index in [1.54, 1.807) is 30.1 Å². The predicted molar refractivity (Wildman–Crippen MR) is 213 cm³/mol. The van der Waals surface area contributed by atoms with Crippen LogP contribution in [0.1, 0.15) is 79.6 Å². The minimum absolute atomic E-state index is 0.00254. The molecule has 0 radical (unpaired) electrons. The molecule has 2 heterocycles. The zero-order valence-corrected chi connectivity index (χ0v) is 31.5. The predicted octanol–water partition coefficient (Wildman–Crippen LogP) is 8.09. The lowest BCUT2D eigenvalue weighted by atomic mass is 9.99. The number of para-hydroxylation sites is 2. The molecular weight excluding hydrogens is 699 g/mol. The second-order valence-corrected chi connectivity index (χ2v) is 14.6. The van der Waals surface area contributed by atoms with Crippen LogP contribution in [-0.4, -0.2) is 38.3 Å². The number of hydrogen-bond acceptors (Lipinski definition) is 8. The molecule has 1 aliphatic heterocycles. The normalized spacial score (nSPS) is 16.9. The maximum Gasteiger partial charge on any atom is 0.224 e. The molecule has 5 N–H and O–H groups in total. The molecule has 1 aromatic heterocycles. The van der Waals surface area contributed by atoms with Gasteiger partial charge in [-0.3, -0.25) is 9.59 Å². The van der Waals surface area contributed by atoms with Gasteiger partial charge in [0.1, 0.15) is 0 Å². The number of aliphatic hydroxyl groups excluding tert-OH is 1. The number of thioether (sulfide) groups is 1. The maximum atomic E-state index is 12.6. The minimum atomic E-state index is -0.539. The number of amides is 2. The summed E-state index contributed by atoms with van der Waals surface area (Å²) >= 11 is 1.67. The van der Waals surface area contributed by atoms with Gasteiger partial charge < -0.3 is 35.5 Å². The van der Waals surface area contributed by atoms with E-state index in [4.69, 9.17) is 15.2 Å². The third-order valence-corrected chi connectivity index (χ3v) is 10.7. The lowest BCUT2D eigenvalue weighted by Crippen LogP contribution is -2.31. The third-order valence-electron chi connectivity index (χ3n) is 9.52. The van der Waals surface area contributed by atoms with Gasteiger partial charge in [0.05, 0.1) is 30.2 Å². The molecule has 2 amide bonds. The number of aliphatic hydroxyl groups is 1. The average molecular weight is 748 g/mol. The van der Waals surface area contributed by atoms with E-state index in [0.717, 1.165) is 70.0 Å². The number of hydrogen-bond donors (Lipinski definition) is 4. The summed E-state index contributed by atoms with van der Waals surface area (Å²) in [6, 6.07) is 31.6. The molecule has 6 rings (SSSR count). The first-order chi connectivity index (χ1) is 26.3. The Balaban J connectivity index is 0.976. The van der Waals surface area contributed by atoms with Gasteiger partial charge in [-0.25, -0.2) is 4.98 Å². The summed E-state index contributed by atoms with van der Waals surface area (Å²) in [4.78, 5) is 29.3. The van der Waals surface area contributed by atoms with Crippen molar-refractivity contribution in [3.8, 4) is 11.1 Å². The molecule has 1 saturated heterocycles. The van der Waals surface area contributed by atoms with Crippen LogP contribution in [0.4, 0.5) is 11.4 Å². The third kappa shape index (κ3) is 11.0. The molecule has 0 saturated carbocycles. The number of benzene rings is 4. The van der Waals surface area contributed by atoms with Crippen molar-refractivity contribution in [3.05, 3.63) is 132 Å². The van der Waals surface area contributed by atoms with Gasteiger partial charge in [0.25, 0.3) is 0 Å². The second-order valence-electron chi connectivity index (χ2n) is 13.6. The van der Waals surface area contributed by atoms with Gasteiger partial charge in [0.15, 0.2) is 11.4 Å². The Labute approximate surface area is 321 Å². The number of aromatic nitrogens is 2. The van der Waals surface area contributed by atoms with E-state index in [1.165, 1.54) is 0 Å². The Morgan fingerprint density at radius 2 is 1.59 bits per heavy atom. The Morgan fingerprint density at radius 3 is 2.31 bits per heavy atom. The molecule has 0 bridgehead atoms. The number of nitrogens with two attached hydrogens (primary N) is 1. The van der Waals surface area contributed by atoms with Crippen LogP contribution in [-0.2, 0) is 39.3 Å². The topological polar surface area (TPSA) is 141 Å². The van der Waals surface area contributed by atoms with Crippen LogP contribution in [0.3, 0.4) is 0 Å². The first-order valence-corrected chi connectivity index (χ1v) is 19.5. The van der Waals surface area contributed by atoms with Crippen molar-refractivity contribution in [2.75, 3.05) is 16.8 Å². The molecule has 0 spiro atoms. The van der Waals surface area contributed by atoms with E-state index >= 15 is 0 Å². The molecule has 3 atom stereocenters. The van der Waals surface area contributed by atoms with Gasteiger partial charge in [-0.1, -0.05) is 103 Å². The number of unbranched alkanes of at least 4 members (excludes halogenated alkanes) is 3. The summed E-state index contributed by atoms with van der Waals surface area (Å²) in [6.07, 6.45) is 7.90. The van der Waals surface area contributed by atoms with Gasteiger partial charge in [-0.15, -0.1) is 0 Å². The van der Waals surface area contributed by atoms with Crippen LogP contribution < -0.4 is 16.4 Å². The minimum Gasteiger partial charge on any atom is -0.397 e. The van der Waals surface area contributed by atoms with Crippen LogP contribution in [0.5, 0.6) is 0 Å². The van der Waals surface area contributed by atoms with E-state index in [2.05, 4.69) is 52.0 Å². The van der Waals surface area contributed by atoms with E-state index in [9.17, 15) is 14.7 Å². The fourth-order valence-electron chi connectivity index (χ4n) is 6.41.